The molecule has 0 saturated carbocycles. The van der Waals surface area contributed by atoms with Crippen molar-refractivity contribution in [2.45, 2.75) is 114 Å². The zero-order valence-corrected chi connectivity index (χ0v) is 34.1. The lowest BCUT2D eigenvalue weighted by atomic mass is 9.96. The van der Waals surface area contributed by atoms with Gasteiger partial charge in [-0.15, -0.1) is 11.8 Å². The van der Waals surface area contributed by atoms with Gasteiger partial charge in [0, 0.05) is 55.4 Å². The Morgan fingerprint density at radius 2 is 1.68 bits per heavy atom. The van der Waals surface area contributed by atoms with Crippen molar-refractivity contribution < 1.29 is 48.9 Å². The molecule has 1 fully saturated rings. The number of benzene rings is 1. The summed E-state index contributed by atoms with van der Waals surface area (Å²) in [5, 5.41) is 48.0. The van der Waals surface area contributed by atoms with Gasteiger partial charge in [-0.3, -0.25) is 33.6 Å². The first-order valence-electron chi connectivity index (χ1n) is 19.0. The van der Waals surface area contributed by atoms with E-state index in [2.05, 4.69) is 36.9 Å². The summed E-state index contributed by atoms with van der Waals surface area (Å²) in [5.41, 5.74) is -0.611. The van der Waals surface area contributed by atoms with Crippen molar-refractivity contribution >= 4 is 64.0 Å². The number of carbonyl (C=O) groups is 7. The Morgan fingerprint density at radius 3 is 2.33 bits per heavy atom. The number of H-pyrrole nitrogens is 1. The number of aliphatic hydroxyl groups excluding tert-OH is 2. The lowest BCUT2D eigenvalue weighted by molar-refractivity contribution is -0.142. The van der Waals surface area contributed by atoms with Crippen LogP contribution in [0.15, 0.2) is 29.3 Å². The fraction of sp³-hybridized carbons (Fsp3) is 0.605. The molecule has 2 aliphatic heterocycles. The third kappa shape index (κ3) is 11.2. The van der Waals surface area contributed by atoms with Crippen molar-refractivity contribution in [3.63, 3.8) is 0 Å². The van der Waals surface area contributed by atoms with Gasteiger partial charge in [-0.1, -0.05) is 39.0 Å². The Morgan fingerprint density at radius 1 is 1.00 bits per heavy atom. The van der Waals surface area contributed by atoms with Crippen LogP contribution in [0.1, 0.15) is 59.9 Å². The smallest absolute Gasteiger partial charge is 0.246 e. The van der Waals surface area contributed by atoms with Gasteiger partial charge in [0.1, 0.15) is 36.3 Å². The Kier molecular flexibility index (Phi) is 15.1. The van der Waals surface area contributed by atoms with Crippen molar-refractivity contribution in [2.24, 2.45) is 11.8 Å². The summed E-state index contributed by atoms with van der Waals surface area (Å²) in [6.45, 7) is 8.64. The molecule has 19 heteroatoms. The number of hydrogen-bond donors (Lipinski definition) is 10. The number of nitrogens with zero attached hydrogens (tertiary/aromatic N) is 1. The van der Waals surface area contributed by atoms with E-state index >= 15 is 0 Å². The summed E-state index contributed by atoms with van der Waals surface area (Å²) >= 11 is 1.18. The van der Waals surface area contributed by atoms with Gasteiger partial charge in [-0.05, 0) is 38.3 Å². The van der Waals surface area contributed by atoms with Crippen LogP contribution in [0.2, 0.25) is 0 Å². The highest BCUT2D eigenvalue weighted by Crippen LogP contribution is 2.32. The molecule has 1 saturated heterocycles. The van der Waals surface area contributed by atoms with Crippen LogP contribution in [-0.2, 0) is 40.0 Å². The molecule has 0 spiro atoms. The molecule has 1 aromatic carbocycles. The standard InChI is InChI=1S/C38H56N8O10S/c1-18(2)19(3)30(49)44-28-16-57-36-24(23-10-8-9-11-25(23)45-36)13-26(42-32(51)21(5)41-35(54)29-12-22(48)15-46(29)37(28)55)33(52)43-27(14-38(6,56)17-47)34(53)40-20(4)31(50)39-7/h8-11,18-22,26-29,45,47-48,56H,12-17H2,1-7H3,(H,39,50)(H,40,53)(H,41,54)(H,42,51)(H,43,52)(H,44,49)/t19-,20-,21+,22-,26+,27+,28-,29+,38-/m1/s1. The van der Waals surface area contributed by atoms with Gasteiger partial charge < -0.3 is 57.1 Å². The molecule has 314 valence electrons. The molecule has 57 heavy (non-hydrogen) atoms. The molecule has 0 unspecified atom stereocenters. The SMILES string of the molecule is CNC(=O)[C@@H](C)NC(=O)[C@H](C[C@@](C)(O)CO)NC(=O)[C@@H]1Cc2c([nH]c3ccccc23)SC[C@@H](NC(=O)[C@H](C)C(C)C)C(=O)N2C[C@H](O)C[C@H]2C(=O)N[C@@H](C)C(=O)N1. The van der Waals surface area contributed by atoms with E-state index in [4.69, 9.17) is 0 Å². The van der Waals surface area contributed by atoms with Crippen LogP contribution in [0.5, 0.6) is 0 Å². The highest BCUT2D eigenvalue weighted by molar-refractivity contribution is 7.99. The zero-order valence-electron chi connectivity index (χ0n) is 33.3. The molecule has 0 bridgehead atoms. The number of hydrogen-bond acceptors (Lipinski definition) is 11. The van der Waals surface area contributed by atoms with Gasteiger partial charge in [-0.2, -0.15) is 0 Å². The number of aromatic amines is 1. The maximum Gasteiger partial charge on any atom is 0.246 e. The lowest BCUT2D eigenvalue weighted by Crippen LogP contribution is -2.60. The second kappa shape index (κ2) is 19.1. The maximum absolute atomic E-state index is 14.3. The molecular formula is C38H56N8O10S. The fourth-order valence-electron chi connectivity index (χ4n) is 6.62. The van der Waals surface area contributed by atoms with Crippen molar-refractivity contribution in [1.29, 1.82) is 0 Å². The minimum absolute atomic E-state index is 0.0161. The number of para-hydroxylation sites is 1. The average molecular weight is 817 g/mol. The number of nitrogens with one attached hydrogen (secondary N) is 7. The van der Waals surface area contributed by atoms with E-state index in [1.807, 2.05) is 19.9 Å². The van der Waals surface area contributed by atoms with E-state index in [-0.39, 0.29) is 37.0 Å². The monoisotopic (exact) mass is 816 g/mol. The van der Waals surface area contributed by atoms with Gasteiger partial charge in [0.25, 0.3) is 0 Å². The molecule has 1 aromatic heterocycles. The molecule has 9 atom stereocenters. The Hall–Kier alpha value is -4.72. The molecule has 10 N–H and O–H groups in total. The summed E-state index contributed by atoms with van der Waals surface area (Å²) in [5.74, 6) is -5.20. The topological polar surface area (TPSA) is 271 Å². The largest absolute Gasteiger partial charge is 0.393 e. The van der Waals surface area contributed by atoms with E-state index in [1.54, 1.807) is 25.1 Å². The van der Waals surface area contributed by atoms with Gasteiger partial charge in [0.05, 0.1) is 23.3 Å². The third-order valence-electron chi connectivity index (χ3n) is 10.5. The predicted octanol–water partition coefficient (Wildman–Crippen LogP) is -1.59. The minimum atomic E-state index is -1.84. The highest BCUT2D eigenvalue weighted by Gasteiger charge is 2.43. The first-order valence-corrected chi connectivity index (χ1v) is 20.0. The number of aliphatic hydroxyl groups is 3. The molecule has 7 amide bonds. The number of likely N-dealkylation sites (N-methyl/N-ethyl adjacent to an activating group) is 1. The Bertz CT molecular complexity index is 1840. The predicted molar refractivity (Wildman–Crippen MR) is 210 cm³/mol. The van der Waals surface area contributed by atoms with Gasteiger partial charge in [0.15, 0.2) is 0 Å². The highest BCUT2D eigenvalue weighted by atomic mass is 32.2. The maximum atomic E-state index is 14.3. The molecule has 18 nitrogen and oxygen atoms in total. The van der Waals surface area contributed by atoms with Crippen molar-refractivity contribution in [3.8, 4) is 0 Å². The first kappa shape index (κ1) is 45.0. The molecule has 4 rings (SSSR count). The van der Waals surface area contributed by atoms with Crippen molar-refractivity contribution in [1.82, 2.24) is 41.8 Å². The lowest BCUT2D eigenvalue weighted by Gasteiger charge is -2.30. The van der Waals surface area contributed by atoms with Crippen LogP contribution in [0, 0.1) is 11.8 Å². The van der Waals surface area contributed by atoms with Crippen LogP contribution in [0.25, 0.3) is 10.9 Å². The Balaban J connectivity index is 1.79. The third-order valence-corrected chi connectivity index (χ3v) is 11.6. The van der Waals surface area contributed by atoms with Crippen LogP contribution in [0.3, 0.4) is 0 Å². The summed E-state index contributed by atoms with van der Waals surface area (Å²) < 4.78 is 0. The molecule has 2 aliphatic rings. The quantitative estimate of drug-likeness (QED) is 0.124. The molecule has 2 aromatic rings. The minimum Gasteiger partial charge on any atom is -0.393 e. The molecule has 3 heterocycles. The van der Waals surface area contributed by atoms with E-state index in [0.29, 0.717) is 21.5 Å². The summed E-state index contributed by atoms with van der Waals surface area (Å²) in [6.07, 6.45) is -1.79. The van der Waals surface area contributed by atoms with Gasteiger partial charge >= 0.3 is 0 Å². The number of fused-ring (bicyclic) bond motifs is 4. The van der Waals surface area contributed by atoms with Crippen LogP contribution < -0.4 is 31.9 Å². The van der Waals surface area contributed by atoms with E-state index in [1.165, 1.54) is 44.5 Å². The summed E-state index contributed by atoms with van der Waals surface area (Å²) in [7, 11) is 1.38. The van der Waals surface area contributed by atoms with Crippen molar-refractivity contribution in [3.05, 3.63) is 29.8 Å². The Labute approximate surface area is 335 Å². The number of thioether (sulfide) groups is 1. The van der Waals surface area contributed by atoms with Crippen LogP contribution in [0.4, 0.5) is 0 Å². The first-order chi connectivity index (χ1) is 26.8. The zero-order chi connectivity index (χ0) is 42.4. The fourth-order valence-corrected chi connectivity index (χ4v) is 7.73. The molecule has 0 radical (unpaired) electrons. The van der Waals surface area contributed by atoms with Crippen LogP contribution in [-0.4, -0.2) is 140 Å². The number of aromatic nitrogens is 1. The van der Waals surface area contributed by atoms with Crippen molar-refractivity contribution in [2.75, 3.05) is 26.0 Å². The average Bonchev–Trinajstić information content (AvgIpc) is 3.73. The van der Waals surface area contributed by atoms with E-state index < -0.39 is 102 Å². The molecular weight excluding hydrogens is 761 g/mol. The summed E-state index contributed by atoms with van der Waals surface area (Å²) in [6, 6.07) is -0.285. The second-order valence-electron chi connectivity index (χ2n) is 15.5. The van der Waals surface area contributed by atoms with E-state index in [9.17, 15) is 48.9 Å². The molecule has 0 aliphatic carbocycles. The van der Waals surface area contributed by atoms with E-state index in [0.717, 1.165) is 0 Å². The number of amides is 7. The number of carbonyl (C=O) groups excluding carboxylic acids is 7. The van der Waals surface area contributed by atoms with Crippen LogP contribution >= 0.6 is 11.8 Å². The second-order valence-corrected chi connectivity index (χ2v) is 16.6. The van der Waals surface area contributed by atoms with Gasteiger partial charge in [0.2, 0.25) is 41.4 Å². The summed E-state index contributed by atoms with van der Waals surface area (Å²) in [4.78, 5) is 99.6. The number of rotatable bonds is 11. The van der Waals surface area contributed by atoms with Gasteiger partial charge in [-0.25, -0.2) is 0 Å². The normalized spacial score (nSPS) is 24.6.